The molecule has 0 aliphatic rings. The van der Waals surface area contributed by atoms with Crippen LogP contribution >= 0.6 is 11.6 Å². The molecule has 1 amide bonds. The molecule has 70 valence electrons. The number of benzene rings is 1. The summed E-state index contributed by atoms with van der Waals surface area (Å²) >= 11 is 5.59. The van der Waals surface area contributed by atoms with E-state index in [1.165, 1.54) is 12.1 Å². The van der Waals surface area contributed by atoms with Crippen LogP contribution in [0.2, 0.25) is 5.02 Å². The van der Waals surface area contributed by atoms with E-state index in [2.05, 4.69) is 0 Å². The van der Waals surface area contributed by atoms with E-state index in [4.69, 9.17) is 22.5 Å². The van der Waals surface area contributed by atoms with Crippen molar-refractivity contribution < 1.29 is 10.0 Å². The molecule has 0 bridgehead atoms. The number of primary amides is 1. The van der Waals surface area contributed by atoms with Crippen LogP contribution in [0.3, 0.4) is 0 Å². The first-order valence-electron chi connectivity index (χ1n) is 3.28. The Balaban J connectivity index is 3.13. The van der Waals surface area contributed by atoms with Crippen LogP contribution in [0.4, 0.5) is 5.69 Å². The van der Waals surface area contributed by atoms with Crippen LogP contribution in [-0.4, -0.2) is 11.1 Å². The van der Waals surface area contributed by atoms with Crippen molar-refractivity contribution in [1.82, 2.24) is 0 Å². The van der Waals surface area contributed by atoms with Crippen LogP contribution in [0.25, 0.3) is 0 Å². The molecule has 0 saturated carbocycles. The monoisotopic (exact) mass is 201 g/mol. The summed E-state index contributed by atoms with van der Waals surface area (Å²) in [6, 6.07) is 3.65. The minimum absolute atomic E-state index is 0.0277. The predicted octanol–water partition coefficient (Wildman–Crippen LogP) is 1.13. The highest BCUT2D eigenvalue weighted by molar-refractivity contribution is 6.34. The van der Waals surface area contributed by atoms with Crippen molar-refractivity contribution in [2.45, 2.75) is 0 Å². The second-order valence-electron chi connectivity index (χ2n) is 2.30. The summed E-state index contributed by atoms with van der Waals surface area (Å²) in [6.45, 7) is 0. The normalized spacial score (nSPS) is 9.77. The second-order valence-corrected chi connectivity index (χ2v) is 2.71. The van der Waals surface area contributed by atoms with Crippen molar-refractivity contribution in [2.24, 2.45) is 5.73 Å². The number of nitrogens with zero attached hydrogens (tertiary/aromatic N) is 1. The molecule has 1 aromatic rings. The molecule has 0 spiro atoms. The molecule has 0 radical (unpaired) electrons. The van der Waals surface area contributed by atoms with Crippen LogP contribution in [0, 0.1) is 5.21 Å². The highest BCUT2D eigenvalue weighted by Gasteiger charge is 2.06. The van der Waals surface area contributed by atoms with Crippen molar-refractivity contribution in [3.63, 3.8) is 0 Å². The third-order valence-corrected chi connectivity index (χ3v) is 1.75. The predicted molar refractivity (Wildman–Crippen MR) is 47.6 cm³/mol. The zero-order chi connectivity index (χ0) is 10.0. The van der Waals surface area contributed by atoms with Crippen molar-refractivity contribution >= 4 is 23.2 Å². The maximum Gasteiger partial charge on any atom is 0.250 e. The Kier molecular flexibility index (Phi) is 2.72. The van der Waals surface area contributed by atoms with E-state index in [-0.39, 0.29) is 21.5 Å². The van der Waals surface area contributed by atoms with Crippen molar-refractivity contribution in [3.8, 4) is 0 Å². The number of carbonyl (C=O) groups excluding carboxylic acids is 1. The lowest BCUT2D eigenvalue weighted by molar-refractivity contribution is 0.100. The first-order valence-corrected chi connectivity index (χ1v) is 3.65. The van der Waals surface area contributed by atoms with Crippen molar-refractivity contribution in [3.05, 3.63) is 34.0 Å². The topological polar surface area (TPSA) is 89.6 Å². The Morgan fingerprint density at radius 3 is 2.62 bits per heavy atom. The fourth-order valence-electron chi connectivity index (χ4n) is 0.823. The van der Waals surface area contributed by atoms with E-state index in [9.17, 15) is 10.0 Å². The zero-order valence-electron chi connectivity index (χ0n) is 6.40. The Morgan fingerprint density at radius 1 is 1.62 bits per heavy atom. The molecule has 0 heterocycles. The number of nitrogens with two attached hydrogens (primary N) is 1. The minimum atomic E-state index is -0.688. The van der Waals surface area contributed by atoms with Gasteiger partial charge in [-0.25, -0.2) is 0 Å². The summed E-state index contributed by atoms with van der Waals surface area (Å²) in [4.78, 5) is 10.7. The summed E-state index contributed by atoms with van der Waals surface area (Å²) in [5, 5.41) is 18.5. The smallest absolute Gasteiger partial charge is 0.250 e. The number of amides is 1. The lowest BCUT2D eigenvalue weighted by Gasteiger charge is -2.21. The van der Waals surface area contributed by atoms with Crippen LogP contribution in [0.15, 0.2) is 18.2 Å². The van der Waals surface area contributed by atoms with Gasteiger partial charge in [0.05, 0.1) is 16.3 Å². The van der Waals surface area contributed by atoms with Gasteiger partial charge in [-0.15, -0.1) is 0 Å². The van der Waals surface area contributed by atoms with Crippen molar-refractivity contribution in [2.75, 3.05) is 5.23 Å². The molecule has 3 N–H and O–H groups in total. The van der Waals surface area contributed by atoms with E-state index in [1.54, 1.807) is 0 Å². The molecule has 13 heavy (non-hydrogen) atoms. The average molecular weight is 202 g/mol. The fraction of sp³-hybridized carbons (Fsp3) is 0. The summed E-state index contributed by atoms with van der Waals surface area (Å²) in [7, 11) is 0. The molecular weight excluding hydrogens is 196 g/mol. The largest absolute Gasteiger partial charge is 0.733 e. The Bertz CT molecular complexity index is 341. The molecule has 0 unspecified atom stereocenters. The molecule has 0 atom stereocenters. The number of anilines is 1. The van der Waals surface area contributed by atoms with Crippen LogP contribution in [0.5, 0.6) is 0 Å². The van der Waals surface area contributed by atoms with Gasteiger partial charge in [-0.1, -0.05) is 11.6 Å². The maximum absolute atomic E-state index is 10.7. The Labute approximate surface area is 78.9 Å². The SMILES string of the molecule is NC(=O)c1ccc(N([O-])O)cc1Cl. The standard InChI is InChI=1S/C7H6ClN2O3/c8-6-3-4(10(12)13)1-2-5(6)7(9)11/h1-3,12H,(H2,9,11)/q-1. The summed E-state index contributed by atoms with van der Waals surface area (Å²) < 4.78 is 0. The first-order chi connectivity index (χ1) is 6.02. The van der Waals surface area contributed by atoms with Gasteiger partial charge in [0, 0.05) is 0 Å². The third kappa shape index (κ3) is 2.09. The van der Waals surface area contributed by atoms with E-state index in [0.29, 0.717) is 0 Å². The van der Waals surface area contributed by atoms with Gasteiger partial charge in [0.1, 0.15) is 0 Å². The summed E-state index contributed by atoms with van der Waals surface area (Å²) in [6.07, 6.45) is 0. The lowest BCUT2D eigenvalue weighted by atomic mass is 10.2. The van der Waals surface area contributed by atoms with Gasteiger partial charge in [0.25, 0.3) is 0 Å². The van der Waals surface area contributed by atoms with Crippen LogP contribution in [0.1, 0.15) is 10.4 Å². The molecule has 0 fully saturated rings. The van der Waals surface area contributed by atoms with Gasteiger partial charge in [-0.05, 0) is 18.2 Å². The van der Waals surface area contributed by atoms with Crippen molar-refractivity contribution in [1.29, 1.82) is 0 Å². The molecule has 1 aromatic carbocycles. The third-order valence-electron chi connectivity index (χ3n) is 1.44. The van der Waals surface area contributed by atoms with Gasteiger partial charge < -0.3 is 16.2 Å². The minimum Gasteiger partial charge on any atom is -0.733 e. The van der Waals surface area contributed by atoms with Gasteiger partial charge >= 0.3 is 0 Å². The van der Waals surface area contributed by atoms with Crippen LogP contribution < -0.4 is 11.0 Å². The van der Waals surface area contributed by atoms with Crippen LogP contribution in [-0.2, 0) is 0 Å². The lowest BCUT2D eigenvalue weighted by Crippen LogP contribution is -2.13. The maximum atomic E-state index is 10.7. The molecule has 0 aromatic heterocycles. The molecule has 0 saturated heterocycles. The molecule has 0 aliphatic heterocycles. The number of halogens is 1. The Hall–Kier alpha value is -1.30. The summed E-state index contributed by atoms with van der Waals surface area (Å²) in [5.74, 6) is -0.688. The second kappa shape index (κ2) is 3.61. The Morgan fingerprint density at radius 2 is 2.23 bits per heavy atom. The quantitative estimate of drug-likeness (QED) is 0.702. The number of hydrogen-bond donors (Lipinski definition) is 2. The molecule has 5 nitrogen and oxygen atoms in total. The highest BCUT2D eigenvalue weighted by Crippen LogP contribution is 2.22. The number of hydrogen-bond acceptors (Lipinski definition) is 4. The fourth-order valence-corrected chi connectivity index (χ4v) is 1.09. The van der Waals surface area contributed by atoms with E-state index in [1.807, 2.05) is 0 Å². The van der Waals surface area contributed by atoms with E-state index >= 15 is 0 Å². The van der Waals surface area contributed by atoms with E-state index in [0.717, 1.165) is 6.07 Å². The average Bonchev–Trinajstić information content (AvgIpc) is 2.03. The summed E-state index contributed by atoms with van der Waals surface area (Å²) in [5.41, 5.74) is 5.01. The zero-order valence-corrected chi connectivity index (χ0v) is 7.15. The molecule has 1 rings (SSSR count). The first kappa shape index (κ1) is 9.79. The number of rotatable bonds is 2. The van der Waals surface area contributed by atoms with Gasteiger partial charge in [0.2, 0.25) is 5.91 Å². The van der Waals surface area contributed by atoms with E-state index < -0.39 is 5.91 Å². The molecular formula is C7H6ClN2O3-. The van der Waals surface area contributed by atoms with Gasteiger partial charge in [-0.3, -0.25) is 10.0 Å². The number of carbonyl (C=O) groups is 1. The molecule has 0 aliphatic carbocycles. The van der Waals surface area contributed by atoms with Gasteiger partial charge in [-0.2, -0.15) is 0 Å². The van der Waals surface area contributed by atoms with Gasteiger partial charge in [0.15, 0.2) is 0 Å². The highest BCUT2D eigenvalue weighted by atomic mass is 35.5. The molecule has 6 heteroatoms.